The van der Waals surface area contributed by atoms with Crippen LogP contribution in [0.4, 0.5) is 0 Å². The number of benzene rings is 3. The number of carbonyl (C=O) groups is 1. The minimum atomic E-state index is -0.597. The first kappa shape index (κ1) is 25.2. The monoisotopic (exact) mass is 471 g/mol. The molecule has 35 heavy (non-hydrogen) atoms. The van der Waals surface area contributed by atoms with Crippen LogP contribution in [0.3, 0.4) is 0 Å². The molecule has 0 bridgehead atoms. The van der Waals surface area contributed by atoms with Crippen LogP contribution in [0, 0.1) is 13.8 Å². The van der Waals surface area contributed by atoms with Crippen LogP contribution in [-0.4, -0.2) is 48.1 Å². The Labute approximate surface area is 209 Å². The molecule has 4 heteroatoms. The van der Waals surface area contributed by atoms with Crippen LogP contribution >= 0.6 is 0 Å². The van der Waals surface area contributed by atoms with Gasteiger partial charge < -0.3 is 14.7 Å². The van der Waals surface area contributed by atoms with Crippen molar-refractivity contribution in [2.24, 2.45) is 0 Å². The number of ether oxygens (including phenoxy) is 1. The third-order valence-electron chi connectivity index (χ3n) is 7.16. The van der Waals surface area contributed by atoms with E-state index >= 15 is 0 Å². The van der Waals surface area contributed by atoms with E-state index in [4.69, 9.17) is 4.74 Å². The second-order valence-corrected chi connectivity index (χ2v) is 9.79. The lowest BCUT2D eigenvalue weighted by Gasteiger charge is -2.33. The molecule has 1 saturated heterocycles. The van der Waals surface area contributed by atoms with Crippen molar-refractivity contribution >= 4 is 5.78 Å². The van der Waals surface area contributed by atoms with Gasteiger partial charge in [-0.2, -0.15) is 0 Å². The first-order chi connectivity index (χ1) is 17.0. The van der Waals surface area contributed by atoms with Crippen molar-refractivity contribution in [3.05, 3.63) is 101 Å². The van der Waals surface area contributed by atoms with E-state index in [1.807, 2.05) is 54.6 Å². The highest BCUT2D eigenvalue weighted by Gasteiger charge is 2.23. The molecule has 4 rings (SSSR count). The number of Topliss-reactive ketones (excluding diaryl/α,β-unsaturated/α-hetero) is 1. The summed E-state index contributed by atoms with van der Waals surface area (Å²) in [5.74, 6) is 1.21. The van der Waals surface area contributed by atoms with Gasteiger partial charge in [-0.05, 0) is 86.5 Å². The molecule has 0 aromatic heterocycles. The molecule has 0 aliphatic carbocycles. The summed E-state index contributed by atoms with van der Waals surface area (Å²) in [6.45, 7) is 7.06. The zero-order chi connectivity index (χ0) is 24.6. The molecule has 3 aromatic carbocycles. The highest BCUT2D eigenvalue weighted by molar-refractivity contribution is 5.98. The predicted octanol–water partition coefficient (Wildman–Crippen LogP) is 5.74. The highest BCUT2D eigenvalue weighted by Crippen LogP contribution is 2.29. The van der Waals surface area contributed by atoms with Gasteiger partial charge in [-0.3, -0.25) is 4.79 Å². The number of hydrogen-bond acceptors (Lipinski definition) is 4. The summed E-state index contributed by atoms with van der Waals surface area (Å²) >= 11 is 0. The van der Waals surface area contributed by atoms with Crippen LogP contribution in [-0.2, 0) is 6.42 Å². The SMILES string of the molecule is Cc1ccc(C2CCN(CC(O)COc3ccccc3C(=O)CCc3ccccc3)CC2)cc1C. The molecule has 0 amide bonds. The third-order valence-corrected chi connectivity index (χ3v) is 7.16. The summed E-state index contributed by atoms with van der Waals surface area (Å²) in [6, 6.07) is 24.2. The number of piperidine rings is 1. The topological polar surface area (TPSA) is 49.8 Å². The number of nitrogens with zero attached hydrogens (tertiary/aromatic N) is 1. The van der Waals surface area contributed by atoms with Gasteiger partial charge in [0.1, 0.15) is 18.5 Å². The average Bonchev–Trinajstić information content (AvgIpc) is 2.89. The predicted molar refractivity (Wildman–Crippen MR) is 141 cm³/mol. The molecule has 0 radical (unpaired) electrons. The number of aliphatic hydroxyl groups is 1. The lowest BCUT2D eigenvalue weighted by atomic mass is 9.88. The summed E-state index contributed by atoms with van der Waals surface area (Å²) in [4.78, 5) is 15.2. The molecule has 1 unspecified atom stereocenters. The Morgan fingerprint density at radius 1 is 0.971 bits per heavy atom. The Hall–Kier alpha value is -2.95. The van der Waals surface area contributed by atoms with Gasteiger partial charge in [0.2, 0.25) is 0 Å². The smallest absolute Gasteiger partial charge is 0.166 e. The van der Waals surface area contributed by atoms with Crippen molar-refractivity contribution in [2.75, 3.05) is 26.2 Å². The minimum Gasteiger partial charge on any atom is -0.490 e. The second-order valence-electron chi connectivity index (χ2n) is 9.79. The molecule has 0 saturated carbocycles. The summed E-state index contributed by atoms with van der Waals surface area (Å²) < 4.78 is 5.93. The zero-order valence-corrected chi connectivity index (χ0v) is 21.0. The molecule has 4 nitrogen and oxygen atoms in total. The number of carbonyl (C=O) groups excluding carboxylic acids is 1. The van der Waals surface area contributed by atoms with E-state index in [2.05, 4.69) is 36.9 Å². The molecule has 1 heterocycles. The number of ketones is 1. The summed E-state index contributed by atoms with van der Waals surface area (Å²) in [7, 11) is 0. The number of aryl methyl sites for hydroxylation is 3. The highest BCUT2D eigenvalue weighted by atomic mass is 16.5. The fourth-order valence-corrected chi connectivity index (χ4v) is 4.86. The van der Waals surface area contributed by atoms with Gasteiger partial charge in [-0.15, -0.1) is 0 Å². The fraction of sp³-hybridized carbons (Fsp3) is 0.387. The second kappa shape index (κ2) is 12.1. The van der Waals surface area contributed by atoms with E-state index in [1.54, 1.807) is 0 Å². The Morgan fingerprint density at radius 3 is 2.43 bits per heavy atom. The summed E-state index contributed by atoms with van der Waals surface area (Å²) in [6.07, 6.45) is 2.75. The van der Waals surface area contributed by atoms with Gasteiger partial charge in [0.25, 0.3) is 0 Å². The van der Waals surface area contributed by atoms with Gasteiger partial charge >= 0.3 is 0 Å². The summed E-state index contributed by atoms with van der Waals surface area (Å²) in [5, 5.41) is 10.6. The van der Waals surface area contributed by atoms with Crippen molar-refractivity contribution < 1.29 is 14.6 Å². The van der Waals surface area contributed by atoms with Crippen molar-refractivity contribution in [3.63, 3.8) is 0 Å². The Kier molecular flexibility index (Phi) is 8.73. The Balaban J connectivity index is 1.24. The number of para-hydroxylation sites is 1. The molecule has 184 valence electrons. The van der Waals surface area contributed by atoms with Crippen molar-refractivity contribution in [3.8, 4) is 5.75 Å². The van der Waals surface area contributed by atoms with Crippen LogP contribution in [0.25, 0.3) is 0 Å². The van der Waals surface area contributed by atoms with Gasteiger partial charge in [0.15, 0.2) is 5.78 Å². The van der Waals surface area contributed by atoms with E-state index in [-0.39, 0.29) is 12.4 Å². The first-order valence-electron chi connectivity index (χ1n) is 12.8. The van der Waals surface area contributed by atoms with Crippen LogP contribution in [0.2, 0.25) is 0 Å². The van der Waals surface area contributed by atoms with E-state index < -0.39 is 6.10 Å². The molecule has 1 atom stereocenters. The lowest BCUT2D eigenvalue weighted by molar-refractivity contribution is 0.0588. The van der Waals surface area contributed by atoms with Gasteiger partial charge in [0.05, 0.1) is 5.56 Å². The maximum absolute atomic E-state index is 12.8. The van der Waals surface area contributed by atoms with Crippen LogP contribution in [0.5, 0.6) is 5.75 Å². The molecule has 0 spiro atoms. The van der Waals surface area contributed by atoms with E-state index in [1.165, 1.54) is 16.7 Å². The van der Waals surface area contributed by atoms with Crippen molar-refractivity contribution in [1.82, 2.24) is 4.90 Å². The van der Waals surface area contributed by atoms with E-state index in [0.29, 0.717) is 36.6 Å². The molecule has 1 N–H and O–H groups in total. The molecule has 3 aromatic rings. The number of aliphatic hydroxyl groups excluding tert-OH is 1. The quantitative estimate of drug-likeness (QED) is 0.383. The first-order valence-corrected chi connectivity index (χ1v) is 12.8. The van der Waals surface area contributed by atoms with Gasteiger partial charge in [-0.1, -0.05) is 60.7 Å². The molecule has 1 aliphatic heterocycles. The molecular formula is C31H37NO3. The largest absolute Gasteiger partial charge is 0.490 e. The standard InChI is InChI=1S/C31H37NO3/c1-23-12-14-27(20-24(23)2)26-16-18-32(19-17-26)21-28(33)22-35-31-11-7-6-10-29(31)30(34)15-13-25-8-4-3-5-9-25/h3-12,14,20,26,28,33H,13,15-19,21-22H2,1-2H3. The van der Waals surface area contributed by atoms with Crippen molar-refractivity contribution in [2.45, 2.75) is 51.6 Å². The van der Waals surface area contributed by atoms with Gasteiger partial charge in [0, 0.05) is 13.0 Å². The van der Waals surface area contributed by atoms with Crippen LogP contribution < -0.4 is 4.74 Å². The van der Waals surface area contributed by atoms with Crippen LogP contribution in [0.1, 0.15) is 57.8 Å². The zero-order valence-electron chi connectivity index (χ0n) is 21.0. The number of likely N-dealkylation sites (tertiary alicyclic amines) is 1. The lowest BCUT2D eigenvalue weighted by Crippen LogP contribution is -2.40. The Bertz CT molecular complexity index is 1100. The Morgan fingerprint density at radius 2 is 1.69 bits per heavy atom. The average molecular weight is 472 g/mol. The van der Waals surface area contributed by atoms with E-state index in [0.717, 1.165) is 31.5 Å². The molecular weight excluding hydrogens is 434 g/mol. The normalized spacial score (nSPS) is 15.6. The van der Waals surface area contributed by atoms with E-state index in [9.17, 15) is 9.90 Å². The fourth-order valence-electron chi connectivity index (χ4n) is 4.86. The van der Waals surface area contributed by atoms with Crippen molar-refractivity contribution in [1.29, 1.82) is 0 Å². The maximum atomic E-state index is 12.8. The molecule has 1 aliphatic rings. The van der Waals surface area contributed by atoms with Gasteiger partial charge in [-0.25, -0.2) is 0 Å². The number of β-amino-alcohol motifs (C(OH)–C–C–N with tert-alkyl or cyclic N) is 1. The number of hydrogen-bond donors (Lipinski definition) is 1. The molecule has 1 fully saturated rings. The summed E-state index contributed by atoms with van der Waals surface area (Å²) in [5.41, 5.74) is 5.87. The van der Waals surface area contributed by atoms with Crippen LogP contribution in [0.15, 0.2) is 72.8 Å². The third kappa shape index (κ3) is 7.03. The minimum absolute atomic E-state index is 0.0624. The maximum Gasteiger partial charge on any atom is 0.166 e. The number of rotatable bonds is 10.